The normalized spacial score (nSPS) is 11.7. The quantitative estimate of drug-likeness (QED) is 0.867. The predicted octanol–water partition coefficient (Wildman–Crippen LogP) is 2.75. The highest BCUT2D eigenvalue weighted by Gasteiger charge is 2.27. The second-order valence-electron chi connectivity index (χ2n) is 4.44. The maximum Gasteiger partial charge on any atom is 0.203 e. The van der Waals surface area contributed by atoms with E-state index in [-0.39, 0.29) is 5.41 Å². The van der Waals surface area contributed by atoms with E-state index in [1.807, 2.05) is 0 Å². The van der Waals surface area contributed by atoms with E-state index < -0.39 is 0 Å². The number of aryl methyl sites for hydroxylation is 1. The third kappa shape index (κ3) is 1.93. The molecule has 0 aliphatic rings. The average molecular weight is 233 g/mol. The van der Waals surface area contributed by atoms with Gasteiger partial charge in [-0.1, -0.05) is 41.2 Å². The van der Waals surface area contributed by atoms with Crippen molar-refractivity contribution in [2.24, 2.45) is 0 Å². The number of hydrogen-bond acceptors (Lipinski definition) is 4. The molecule has 0 aliphatic heterocycles. The molecule has 0 fully saturated rings. The Kier molecular flexibility index (Phi) is 2.68. The van der Waals surface area contributed by atoms with E-state index in [2.05, 4.69) is 55.2 Å². The summed E-state index contributed by atoms with van der Waals surface area (Å²) < 4.78 is 0. The molecule has 2 aromatic rings. The molecule has 2 rings (SSSR count). The first-order valence-corrected chi connectivity index (χ1v) is 5.98. The summed E-state index contributed by atoms with van der Waals surface area (Å²) in [5, 5.41) is 9.49. The molecule has 1 aromatic carbocycles. The lowest BCUT2D eigenvalue weighted by Crippen LogP contribution is -2.18. The van der Waals surface area contributed by atoms with Crippen LogP contribution in [-0.4, -0.2) is 10.2 Å². The SMILES string of the molecule is Cc1cccc(C(C)(C)c2nnc(N)s2)c1. The number of nitrogen functional groups attached to an aromatic ring is 1. The summed E-state index contributed by atoms with van der Waals surface area (Å²) in [4.78, 5) is 0. The van der Waals surface area contributed by atoms with E-state index in [0.717, 1.165) is 5.01 Å². The topological polar surface area (TPSA) is 51.8 Å². The molecule has 84 valence electrons. The molecule has 1 aromatic heterocycles. The second kappa shape index (κ2) is 3.87. The van der Waals surface area contributed by atoms with Crippen LogP contribution in [0, 0.1) is 6.92 Å². The first-order valence-electron chi connectivity index (χ1n) is 5.17. The van der Waals surface area contributed by atoms with Gasteiger partial charge in [0.25, 0.3) is 0 Å². The molecular weight excluding hydrogens is 218 g/mol. The van der Waals surface area contributed by atoms with Crippen molar-refractivity contribution in [1.29, 1.82) is 0 Å². The van der Waals surface area contributed by atoms with Crippen LogP contribution in [0.5, 0.6) is 0 Å². The Labute approximate surface area is 99.3 Å². The molecule has 0 bridgehead atoms. The molecule has 0 radical (unpaired) electrons. The Morgan fingerprint density at radius 3 is 2.56 bits per heavy atom. The standard InChI is InChI=1S/C12H15N3S/c1-8-5-4-6-9(7-8)12(2,3)10-14-15-11(13)16-10/h4-7H,1-3H3,(H2,13,15). The summed E-state index contributed by atoms with van der Waals surface area (Å²) >= 11 is 1.45. The van der Waals surface area contributed by atoms with E-state index in [1.54, 1.807) is 0 Å². The lowest BCUT2D eigenvalue weighted by molar-refractivity contribution is 0.625. The van der Waals surface area contributed by atoms with Crippen LogP contribution in [0.4, 0.5) is 5.13 Å². The average Bonchev–Trinajstić information content (AvgIpc) is 2.65. The molecule has 2 N–H and O–H groups in total. The molecule has 0 spiro atoms. The number of aromatic nitrogens is 2. The van der Waals surface area contributed by atoms with Crippen LogP contribution >= 0.6 is 11.3 Å². The van der Waals surface area contributed by atoms with Gasteiger partial charge in [-0.05, 0) is 26.3 Å². The van der Waals surface area contributed by atoms with Gasteiger partial charge in [0.1, 0.15) is 5.01 Å². The van der Waals surface area contributed by atoms with Gasteiger partial charge in [0.05, 0.1) is 0 Å². The van der Waals surface area contributed by atoms with Gasteiger partial charge in [-0.25, -0.2) is 0 Å². The van der Waals surface area contributed by atoms with Gasteiger partial charge in [-0.3, -0.25) is 0 Å². The molecule has 0 unspecified atom stereocenters. The Morgan fingerprint density at radius 2 is 2.00 bits per heavy atom. The lowest BCUT2D eigenvalue weighted by atomic mass is 9.85. The summed E-state index contributed by atoms with van der Waals surface area (Å²) in [6, 6.07) is 8.45. The molecule has 0 aliphatic carbocycles. The number of anilines is 1. The molecule has 0 atom stereocenters. The number of benzene rings is 1. The highest BCUT2D eigenvalue weighted by molar-refractivity contribution is 7.15. The van der Waals surface area contributed by atoms with E-state index in [0.29, 0.717) is 5.13 Å². The van der Waals surface area contributed by atoms with Gasteiger partial charge in [-0.15, -0.1) is 10.2 Å². The molecule has 0 saturated carbocycles. The molecule has 1 heterocycles. The van der Waals surface area contributed by atoms with Crippen molar-refractivity contribution in [2.45, 2.75) is 26.2 Å². The summed E-state index contributed by atoms with van der Waals surface area (Å²) in [6.45, 7) is 6.37. The van der Waals surface area contributed by atoms with Crippen molar-refractivity contribution in [1.82, 2.24) is 10.2 Å². The van der Waals surface area contributed by atoms with Crippen LogP contribution in [0.25, 0.3) is 0 Å². The van der Waals surface area contributed by atoms with Gasteiger partial charge in [0.2, 0.25) is 5.13 Å². The predicted molar refractivity (Wildman–Crippen MR) is 67.6 cm³/mol. The second-order valence-corrected chi connectivity index (χ2v) is 5.45. The van der Waals surface area contributed by atoms with Crippen LogP contribution in [0.2, 0.25) is 0 Å². The first kappa shape index (κ1) is 11.1. The number of rotatable bonds is 2. The van der Waals surface area contributed by atoms with E-state index in [1.165, 1.54) is 22.5 Å². The monoisotopic (exact) mass is 233 g/mol. The van der Waals surface area contributed by atoms with Crippen molar-refractivity contribution in [3.63, 3.8) is 0 Å². The van der Waals surface area contributed by atoms with Crippen molar-refractivity contribution in [3.05, 3.63) is 40.4 Å². The minimum atomic E-state index is -0.138. The fraction of sp³-hybridized carbons (Fsp3) is 0.333. The Hall–Kier alpha value is -1.42. The van der Waals surface area contributed by atoms with Crippen LogP contribution < -0.4 is 5.73 Å². The summed E-state index contributed by atoms with van der Waals surface area (Å²) in [5.41, 5.74) is 7.98. The molecule has 3 nitrogen and oxygen atoms in total. The largest absolute Gasteiger partial charge is 0.374 e. The number of nitrogens with two attached hydrogens (primary N) is 1. The number of hydrogen-bond donors (Lipinski definition) is 1. The zero-order chi connectivity index (χ0) is 11.8. The van der Waals surface area contributed by atoms with Crippen molar-refractivity contribution >= 4 is 16.5 Å². The van der Waals surface area contributed by atoms with E-state index >= 15 is 0 Å². The Morgan fingerprint density at radius 1 is 1.25 bits per heavy atom. The summed E-state index contributed by atoms with van der Waals surface area (Å²) in [6.07, 6.45) is 0. The molecule has 0 saturated heterocycles. The van der Waals surface area contributed by atoms with Crippen molar-refractivity contribution in [2.75, 3.05) is 5.73 Å². The van der Waals surface area contributed by atoms with Gasteiger partial charge < -0.3 is 5.73 Å². The molecule has 0 amide bonds. The zero-order valence-electron chi connectivity index (χ0n) is 9.69. The summed E-state index contributed by atoms with van der Waals surface area (Å²) in [7, 11) is 0. The molecular formula is C12H15N3S. The van der Waals surface area contributed by atoms with Crippen molar-refractivity contribution in [3.8, 4) is 0 Å². The lowest BCUT2D eigenvalue weighted by Gasteiger charge is -2.22. The third-order valence-corrected chi connectivity index (χ3v) is 3.79. The fourth-order valence-corrected chi connectivity index (χ4v) is 2.38. The minimum absolute atomic E-state index is 0.138. The Balaban J connectivity index is 2.46. The van der Waals surface area contributed by atoms with Crippen LogP contribution in [0.1, 0.15) is 30.0 Å². The van der Waals surface area contributed by atoms with Gasteiger partial charge in [0, 0.05) is 5.41 Å². The summed E-state index contributed by atoms with van der Waals surface area (Å²) in [5.74, 6) is 0. The zero-order valence-corrected chi connectivity index (χ0v) is 10.5. The highest BCUT2D eigenvalue weighted by Crippen LogP contribution is 2.34. The first-order chi connectivity index (χ1) is 7.50. The maximum atomic E-state index is 5.63. The fourth-order valence-electron chi connectivity index (χ4n) is 1.64. The molecule has 16 heavy (non-hydrogen) atoms. The smallest absolute Gasteiger partial charge is 0.203 e. The Bertz CT molecular complexity index is 502. The third-order valence-electron chi connectivity index (χ3n) is 2.72. The molecule has 4 heteroatoms. The van der Waals surface area contributed by atoms with Gasteiger partial charge in [-0.2, -0.15) is 0 Å². The minimum Gasteiger partial charge on any atom is -0.374 e. The van der Waals surface area contributed by atoms with Crippen LogP contribution in [0.15, 0.2) is 24.3 Å². The highest BCUT2D eigenvalue weighted by atomic mass is 32.1. The van der Waals surface area contributed by atoms with E-state index in [9.17, 15) is 0 Å². The number of nitrogens with zero attached hydrogens (tertiary/aromatic N) is 2. The van der Waals surface area contributed by atoms with Crippen molar-refractivity contribution < 1.29 is 0 Å². The van der Waals surface area contributed by atoms with Crippen LogP contribution in [0.3, 0.4) is 0 Å². The van der Waals surface area contributed by atoms with Gasteiger partial charge in [0.15, 0.2) is 0 Å². The van der Waals surface area contributed by atoms with E-state index in [4.69, 9.17) is 5.73 Å². The van der Waals surface area contributed by atoms with Crippen LogP contribution in [-0.2, 0) is 5.41 Å². The maximum absolute atomic E-state index is 5.63. The van der Waals surface area contributed by atoms with Gasteiger partial charge >= 0.3 is 0 Å².